The fraction of sp³-hybridized carbons (Fsp3) is 0.529. The molecule has 0 aromatic heterocycles. The number of methoxy groups -OCH3 is 1. The number of benzene rings is 1. The fourth-order valence-electron chi connectivity index (χ4n) is 2.82. The van der Waals surface area contributed by atoms with Gasteiger partial charge in [0.25, 0.3) is 5.91 Å². The Morgan fingerprint density at radius 3 is 2.71 bits per heavy atom. The van der Waals surface area contributed by atoms with Gasteiger partial charge in [0.2, 0.25) is 5.91 Å². The van der Waals surface area contributed by atoms with E-state index in [1.807, 2.05) is 6.92 Å². The minimum absolute atomic E-state index is 0.0614. The zero-order valence-corrected chi connectivity index (χ0v) is 13.9. The minimum atomic E-state index is -1.06. The van der Waals surface area contributed by atoms with E-state index in [1.54, 1.807) is 12.0 Å². The van der Waals surface area contributed by atoms with E-state index in [-0.39, 0.29) is 30.0 Å². The molecule has 1 N–H and O–H groups in total. The summed E-state index contributed by atoms with van der Waals surface area (Å²) in [7, 11) is 1.55. The maximum absolute atomic E-state index is 13.4. The molecule has 2 atom stereocenters. The van der Waals surface area contributed by atoms with Crippen molar-refractivity contribution in [3.8, 4) is 0 Å². The van der Waals surface area contributed by atoms with E-state index in [4.69, 9.17) is 4.74 Å². The van der Waals surface area contributed by atoms with Gasteiger partial charge in [-0.1, -0.05) is 0 Å². The summed E-state index contributed by atoms with van der Waals surface area (Å²) in [4.78, 5) is 26.3. The summed E-state index contributed by atoms with van der Waals surface area (Å²) in [6, 6.07) is 3.03. The number of hydrogen-bond acceptors (Lipinski definition) is 3. The van der Waals surface area contributed by atoms with Gasteiger partial charge >= 0.3 is 0 Å². The van der Waals surface area contributed by atoms with Crippen LogP contribution in [0.4, 0.5) is 8.78 Å². The first-order valence-electron chi connectivity index (χ1n) is 7.96. The van der Waals surface area contributed by atoms with E-state index in [0.29, 0.717) is 26.0 Å². The van der Waals surface area contributed by atoms with Crippen LogP contribution in [0.25, 0.3) is 0 Å². The molecule has 0 aliphatic carbocycles. The first kappa shape index (κ1) is 18.3. The SMILES string of the molecule is COCCNC(=O)C1CCC(C)N(C(=O)c2ccc(F)c(F)c2)C1. The third-order valence-electron chi connectivity index (χ3n) is 4.29. The molecule has 2 amide bonds. The molecule has 0 saturated carbocycles. The van der Waals surface area contributed by atoms with Crippen molar-refractivity contribution in [2.45, 2.75) is 25.8 Å². The molecule has 2 rings (SSSR count). The fourth-order valence-corrected chi connectivity index (χ4v) is 2.82. The molecule has 0 spiro atoms. The normalized spacial score (nSPS) is 20.8. The topological polar surface area (TPSA) is 58.6 Å². The van der Waals surface area contributed by atoms with Gasteiger partial charge in [-0.2, -0.15) is 0 Å². The first-order valence-corrected chi connectivity index (χ1v) is 7.96. The van der Waals surface area contributed by atoms with Crippen molar-refractivity contribution in [2.24, 2.45) is 5.92 Å². The number of halogens is 2. The van der Waals surface area contributed by atoms with E-state index in [2.05, 4.69) is 5.32 Å². The van der Waals surface area contributed by atoms with Crippen molar-refractivity contribution in [1.82, 2.24) is 10.2 Å². The predicted octanol–water partition coefficient (Wildman–Crippen LogP) is 1.97. The smallest absolute Gasteiger partial charge is 0.254 e. The Balaban J connectivity index is 2.05. The first-order chi connectivity index (χ1) is 11.4. The van der Waals surface area contributed by atoms with Gasteiger partial charge in [0.1, 0.15) is 0 Å². The highest BCUT2D eigenvalue weighted by Gasteiger charge is 2.33. The second-order valence-corrected chi connectivity index (χ2v) is 5.99. The lowest BCUT2D eigenvalue weighted by molar-refractivity contribution is -0.126. The van der Waals surface area contributed by atoms with Crippen LogP contribution in [0.1, 0.15) is 30.1 Å². The maximum atomic E-state index is 13.4. The quantitative estimate of drug-likeness (QED) is 0.834. The molecule has 24 heavy (non-hydrogen) atoms. The molecule has 7 heteroatoms. The van der Waals surface area contributed by atoms with Crippen molar-refractivity contribution in [2.75, 3.05) is 26.8 Å². The van der Waals surface area contributed by atoms with Gasteiger partial charge in [-0.15, -0.1) is 0 Å². The average Bonchev–Trinajstić information content (AvgIpc) is 2.57. The lowest BCUT2D eigenvalue weighted by Gasteiger charge is -2.37. The number of ether oxygens (including phenoxy) is 1. The Morgan fingerprint density at radius 2 is 2.04 bits per heavy atom. The molecule has 132 valence electrons. The lowest BCUT2D eigenvalue weighted by Crippen LogP contribution is -2.49. The highest BCUT2D eigenvalue weighted by atomic mass is 19.2. The summed E-state index contributed by atoms with van der Waals surface area (Å²) >= 11 is 0. The van der Waals surface area contributed by atoms with Crippen molar-refractivity contribution in [3.63, 3.8) is 0 Å². The molecular weight excluding hydrogens is 318 g/mol. The van der Waals surface area contributed by atoms with Crippen molar-refractivity contribution >= 4 is 11.8 Å². The number of carbonyl (C=O) groups excluding carboxylic acids is 2. The molecule has 1 aliphatic heterocycles. The van der Waals surface area contributed by atoms with Crippen LogP contribution in [-0.4, -0.2) is 49.6 Å². The summed E-state index contributed by atoms with van der Waals surface area (Å²) in [5, 5.41) is 2.77. The average molecular weight is 340 g/mol. The molecule has 1 heterocycles. The minimum Gasteiger partial charge on any atom is -0.383 e. The van der Waals surface area contributed by atoms with E-state index < -0.39 is 17.5 Å². The molecule has 1 fully saturated rings. The number of piperidine rings is 1. The van der Waals surface area contributed by atoms with Crippen LogP contribution in [0.3, 0.4) is 0 Å². The van der Waals surface area contributed by atoms with Crippen LogP contribution < -0.4 is 5.32 Å². The number of nitrogens with one attached hydrogen (secondary N) is 1. The number of nitrogens with zero attached hydrogens (tertiary/aromatic N) is 1. The Kier molecular flexibility index (Phi) is 6.25. The molecule has 5 nitrogen and oxygen atoms in total. The molecule has 0 radical (unpaired) electrons. The number of amides is 2. The van der Waals surface area contributed by atoms with Crippen LogP contribution >= 0.6 is 0 Å². The molecule has 1 aromatic carbocycles. The van der Waals surface area contributed by atoms with Crippen LogP contribution in [-0.2, 0) is 9.53 Å². The summed E-state index contributed by atoms with van der Waals surface area (Å²) in [6.07, 6.45) is 1.36. The lowest BCUT2D eigenvalue weighted by atomic mass is 9.92. The van der Waals surface area contributed by atoms with Gasteiger partial charge in [0.05, 0.1) is 12.5 Å². The summed E-state index contributed by atoms with van der Waals surface area (Å²) in [6.45, 7) is 2.99. The number of hydrogen-bond donors (Lipinski definition) is 1. The standard InChI is InChI=1S/C17H22F2N2O3/c1-11-3-4-13(16(22)20-7-8-24-2)10-21(11)17(23)12-5-6-14(18)15(19)9-12/h5-6,9,11,13H,3-4,7-8,10H2,1-2H3,(H,20,22). The second kappa shape index (κ2) is 8.19. The van der Waals surface area contributed by atoms with E-state index in [9.17, 15) is 18.4 Å². The second-order valence-electron chi connectivity index (χ2n) is 5.99. The van der Waals surface area contributed by atoms with Gasteiger partial charge in [0, 0.05) is 31.8 Å². The number of rotatable bonds is 5. The molecule has 0 bridgehead atoms. The number of likely N-dealkylation sites (tertiary alicyclic amines) is 1. The van der Waals surface area contributed by atoms with Crippen molar-refractivity contribution in [1.29, 1.82) is 0 Å². The van der Waals surface area contributed by atoms with E-state index in [1.165, 1.54) is 6.07 Å². The van der Waals surface area contributed by atoms with Crippen molar-refractivity contribution < 1.29 is 23.1 Å². The van der Waals surface area contributed by atoms with Gasteiger partial charge < -0.3 is 15.0 Å². The monoisotopic (exact) mass is 340 g/mol. The molecule has 2 unspecified atom stereocenters. The van der Waals surface area contributed by atoms with Crippen LogP contribution in [0, 0.1) is 17.6 Å². The van der Waals surface area contributed by atoms with Crippen LogP contribution in [0.15, 0.2) is 18.2 Å². The highest BCUT2D eigenvalue weighted by molar-refractivity contribution is 5.95. The van der Waals surface area contributed by atoms with E-state index in [0.717, 1.165) is 12.1 Å². The van der Waals surface area contributed by atoms with Crippen LogP contribution in [0.5, 0.6) is 0 Å². The van der Waals surface area contributed by atoms with Crippen molar-refractivity contribution in [3.05, 3.63) is 35.4 Å². The van der Waals surface area contributed by atoms with Gasteiger partial charge in [0.15, 0.2) is 11.6 Å². The number of carbonyl (C=O) groups is 2. The summed E-state index contributed by atoms with van der Waals surface area (Å²) < 4.78 is 31.3. The van der Waals surface area contributed by atoms with Gasteiger partial charge in [-0.05, 0) is 38.0 Å². The Hall–Kier alpha value is -2.02. The van der Waals surface area contributed by atoms with Gasteiger partial charge in [-0.3, -0.25) is 9.59 Å². The Labute approximate surface area is 140 Å². The summed E-state index contributed by atoms with van der Waals surface area (Å²) in [5.74, 6) is -2.88. The maximum Gasteiger partial charge on any atom is 0.254 e. The highest BCUT2D eigenvalue weighted by Crippen LogP contribution is 2.24. The Bertz CT molecular complexity index is 609. The molecular formula is C17H22F2N2O3. The zero-order valence-electron chi connectivity index (χ0n) is 13.9. The van der Waals surface area contributed by atoms with E-state index >= 15 is 0 Å². The molecule has 1 aliphatic rings. The summed E-state index contributed by atoms with van der Waals surface area (Å²) in [5.41, 5.74) is 0.0844. The predicted molar refractivity (Wildman–Crippen MR) is 84.5 cm³/mol. The largest absolute Gasteiger partial charge is 0.383 e. The van der Waals surface area contributed by atoms with Gasteiger partial charge in [-0.25, -0.2) is 8.78 Å². The Morgan fingerprint density at radius 1 is 1.29 bits per heavy atom. The van der Waals surface area contributed by atoms with Crippen LogP contribution in [0.2, 0.25) is 0 Å². The zero-order chi connectivity index (χ0) is 17.7. The molecule has 1 aromatic rings. The molecule has 1 saturated heterocycles. The third kappa shape index (κ3) is 4.29. The third-order valence-corrected chi connectivity index (χ3v) is 4.29.